The Hall–Kier alpha value is -3.64. The summed E-state index contributed by atoms with van der Waals surface area (Å²) >= 11 is 6.34. The summed E-state index contributed by atoms with van der Waals surface area (Å²) in [5.41, 5.74) is 3.07. The molecule has 0 aliphatic carbocycles. The van der Waals surface area contributed by atoms with Gasteiger partial charge in [0.05, 0.1) is 18.2 Å². The summed E-state index contributed by atoms with van der Waals surface area (Å²) in [6.07, 6.45) is 3.18. The molecule has 1 aliphatic heterocycles. The van der Waals surface area contributed by atoms with Gasteiger partial charge in [0.2, 0.25) is 0 Å². The Kier molecular flexibility index (Phi) is 6.94. The Morgan fingerprint density at radius 1 is 1.11 bits per heavy atom. The lowest BCUT2D eigenvalue weighted by atomic mass is 9.95. The summed E-state index contributed by atoms with van der Waals surface area (Å²) in [7, 11) is 0. The van der Waals surface area contributed by atoms with E-state index < -0.39 is 17.7 Å². The van der Waals surface area contributed by atoms with Crippen LogP contribution in [0.2, 0.25) is 5.02 Å². The van der Waals surface area contributed by atoms with Crippen LogP contribution in [0, 0.1) is 19.8 Å². The number of carbonyl (C=O) groups is 2. The smallest absolute Gasteiger partial charge is 0.300 e. The summed E-state index contributed by atoms with van der Waals surface area (Å²) in [5, 5.41) is 11.8. The van der Waals surface area contributed by atoms with E-state index in [2.05, 4.69) is 18.8 Å². The first-order valence-corrected chi connectivity index (χ1v) is 11.8. The van der Waals surface area contributed by atoms with E-state index in [1.165, 1.54) is 4.90 Å². The van der Waals surface area contributed by atoms with E-state index >= 15 is 0 Å². The van der Waals surface area contributed by atoms with Crippen molar-refractivity contribution in [3.63, 3.8) is 0 Å². The van der Waals surface area contributed by atoms with Crippen molar-refractivity contribution in [2.75, 3.05) is 11.5 Å². The predicted octanol–water partition coefficient (Wildman–Crippen LogP) is 6.01. The zero-order valence-corrected chi connectivity index (χ0v) is 20.8. The normalized spacial score (nSPS) is 17.3. The minimum atomic E-state index is -0.840. The second-order valence-electron chi connectivity index (χ2n) is 9.02. The second kappa shape index (κ2) is 9.92. The highest BCUT2D eigenvalue weighted by atomic mass is 35.5. The van der Waals surface area contributed by atoms with Gasteiger partial charge in [-0.3, -0.25) is 19.5 Å². The Bertz CT molecular complexity index is 1320. The maximum atomic E-state index is 13.3. The van der Waals surface area contributed by atoms with Gasteiger partial charge in [0, 0.05) is 28.7 Å². The van der Waals surface area contributed by atoms with Gasteiger partial charge in [-0.1, -0.05) is 31.5 Å². The van der Waals surface area contributed by atoms with E-state index in [-0.39, 0.29) is 11.3 Å². The molecular weight excluding hydrogens is 464 g/mol. The molecule has 1 aromatic heterocycles. The van der Waals surface area contributed by atoms with Crippen molar-refractivity contribution < 1.29 is 19.4 Å². The molecule has 2 heterocycles. The third kappa shape index (κ3) is 4.66. The molecule has 0 spiro atoms. The van der Waals surface area contributed by atoms with Crippen LogP contribution in [0.25, 0.3) is 5.76 Å². The van der Waals surface area contributed by atoms with E-state index in [0.717, 1.165) is 5.56 Å². The van der Waals surface area contributed by atoms with E-state index in [4.69, 9.17) is 16.3 Å². The number of aliphatic hydroxyl groups excluding tert-OH is 1. The number of ether oxygens (including phenoxy) is 1. The van der Waals surface area contributed by atoms with E-state index in [9.17, 15) is 14.7 Å². The molecule has 0 bridgehead atoms. The van der Waals surface area contributed by atoms with Crippen molar-refractivity contribution in [2.45, 2.75) is 33.7 Å². The standard InChI is InChI=1S/C28H27ClN2O4/c1-16(2)15-35-23-9-8-20(14-17(23)3)26(32)24-25(19-10-12-30-13-11-19)31(28(34)27(24)33)22-7-5-6-21(29)18(22)4/h5-14,16,25,32H,15H2,1-4H3/b26-24+. The van der Waals surface area contributed by atoms with Gasteiger partial charge in [0.15, 0.2) is 0 Å². The number of rotatable bonds is 6. The molecule has 1 amide bonds. The Labute approximate surface area is 209 Å². The number of carbonyl (C=O) groups excluding carboxylic acids is 2. The van der Waals surface area contributed by atoms with Crippen LogP contribution < -0.4 is 9.64 Å². The molecule has 0 saturated carbocycles. The molecule has 1 atom stereocenters. The number of anilines is 1. The van der Waals surface area contributed by atoms with Gasteiger partial charge in [0.25, 0.3) is 11.7 Å². The Balaban J connectivity index is 1.87. The number of Topliss-reactive ketones (excluding diaryl/α,β-unsaturated/α-hetero) is 1. The van der Waals surface area contributed by atoms with Crippen LogP contribution >= 0.6 is 11.6 Å². The maximum Gasteiger partial charge on any atom is 0.300 e. The number of ketones is 1. The average molecular weight is 491 g/mol. The van der Waals surface area contributed by atoms with Crippen molar-refractivity contribution in [1.82, 2.24) is 4.98 Å². The molecule has 3 aromatic rings. The number of pyridine rings is 1. The van der Waals surface area contributed by atoms with Crippen LogP contribution in [0.5, 0.6) is 5.75 Å². The number of aromatic nitrogens is 1. The number of halogens is 1. The number of aliphatic hydroxyl groups is 1. The van der Waals surface area contributed by atoms with Crippen LogP contribution in [-0.4, -0.2) is 28.4 Å². The molecule has 6 nitrogen and oxygen atoms in total. The molecule has 7 heteroatoms. The maximum absolute atomic E-state index is 13.3. The molecule has 1 saturated heterocycles. The zero-order chi connectivity index (χ0) is 25.3. The van der Waals surface area contributed by atoms with Crippen LogP contribution in [0.3, 0.4) is 0 Å². The minimum Gasteiger partial charge on any atom is -0.507 e. The van der Waals surface area contributed by atoms with Crippen molar-refractivity contribution in [3.8, 4) is 5.75 Å². The van der Waals surface area contributed by atoms with Crippen LogP contribution in [0.4, 0.5) is 5.69 Å². The third-order valence-corrected chi connectivity index (χ3v) is 6.39. The van der Waals surface area contributed by atoms with Gasteiger partial charge in [-0.05, 0) is 78.9 Å². The lowest BCUT2D eigenvalue weighted by molar-refractivity contribution is -0.132. The Morgan fingerprint density at radius 3 is 2.49 bits per heavy atom. The van der Waals surface area contributed by atoms with E-state index in [0.29, 0.717) is 45.7 Å². The molecule has 1 aliphatic rings. The van der Waals surface area contributed by atoms with Crippen molar-refractivity contribution in [2.24, 2.45) is 5.92 Å². The Morgan fingerprint density at radius 2 is 1.83 bits per heavy atom. The monoisotopic (exact) mass is 490 g/mol. The highest BCUT2D eigenvalue weighted by Crippen LogP contribution is 2.44. The third-order valence-electron chi connectivity index (χ3n) is 5.99. The molecule has 0 radical (unpaired) electrons. The van der Waals surface area contributed by atoms with Gasteiger partial charge in [0.1, 0.15) is 11.5 Å². The molecular formula is C28H27ClN2O4. The first-order valence-electron chi connectivity index (χ1n) is 11.4. The molecule has 35 heavy (non-hydrogen) atoms. The second-order valence-corrected chi connectivity index (χ2v) is 9.43. The van der Waals surface area contributed by atoms with Crippen molar-refractivity contribution in [1.29, 1.82) is 0 Å². The summed E-state index contributed by atoms with van der Waals surface area (Å²) < 4.78 is 5.84. The highest BCUT2D eigenvalue weighted by Gasteiger charge is 2.47. The summed E-state index contributed by atoms with van der Waals surface area (Å²) in [5.74, 6) is -0.663. The van der Waals surface area contributed by atoms with Crippen LogP contribution in [-0.2, 0) is 9.59 Å². The van der Waals surface area contributed by atoms with Gasteiger partial charge in [-0.15, -0.1) is 0 Å². The van der Waals surface area contributed by atoms with Crippen LogP contribution in [0.15, 0.2) is 66.5 Å². The van der Waals surface area contributed by atoms with Gasteiger partial charge in [-0.25, -0.2) is 0 Å². The zero-order valence-electron chi connectivity index (χ0n) is 20.1. The van der Waals surface area contributed by atoms with E-state index in [1.54, 1.807) is 67.8 Å². The topological polar surface area (TPSA) is 79.7 Å². The summed E-state index contributed by atoms with van der Waals surface area (Å²) in [6, 6.07) is 13.0. The minimum absolute atomic E-state index is 0.0100. The SMILES string of the molecule is Cc1cc(/C(O)=C2\C(=O)C(=O)N(c3cccc(Cl)c3C)C2c2ccncc2)ccc1OCC(C)C. The predicted molar refractivity (Wildman–Crippen MR) is 137 cm³/mol. The first-order chi connectivity index (χ1) is 16.7. The van der Waals surface area contributed by atoms with Gasteiger partial charge in [-0.2, -0.15) is 0 Å². The molecule has 1 fully saturated rings. The fraction of sp³-hybridized carbons (Fsp3) is 0.250. The van der Waals surface area contributed by atoms with Gasteiger partial charge >= 0.3 is 0 Å². The molecule has 4 rings (SSSR count). The molecule has 180 valence electrons. The lowest BCUT2D eigenvalue weighted by Gasteiger charge is -2.27. The number of hydrogen-bond acceptors (Lipinski definition) is 5. The lowest BCUT2D eigenvalue weighted by Crippen LogP contribution is -2.30. The number of benzene rings is 2. The molecule has 1 N–H and O–H groups in total. The fourth-order valence-corrected chi connectivity index (χ4v) is 4.34. The molecule has 2 aromatic carbocycles. The fourth-order valence-electron chi connectivity index (χ4n) is 4.17. The van der Waals surface area contributed by atoms with Crippen LogP contribution in [0.1, 0.15) is 42.1 Å². The largest absolute Gasteiger partial charge is 0.507 e. The summed E-state index contributed by atoms with van der Waals surface area (Å²) in [4.78, 5) is 32.1. The van der Waals surface area contributed by atoms with Crippen molar-refractivity contribution in [3.05, 3.63) is 93.8 Å². The first kappa shape index (κ1) is 24.5. The van der Waals surface area contributed by atoms with Crippen molar-refractivity contribution >= 4 is 34.7 Å². The molecule has 1 unspecified atom stereocenters. The van der Waals surface area contributed by atoms with E-state index in [1.807, 2.05) is 6.92 Å². The number of amides is 1. The number of nitrogens with zero attached hydrogens (tertiary/aromatic N) is 2. The quantitative estimate of drug-likeness (QED) is 0.260. The highest BCUT2D eigenvalue weighted by molar-refractivity contribution is 6.52. The summed E-state index contributed by atoms with van der Waals surface area (Å²) in [6.45, 7) is 8.36. The number of hydrogen-bond donors (Lipinski definition) is 1. The van der Waals surface area contributed by atoms with Gasteiger partial charge < -0.3 is 9.84 Å². The average Bonchev–Trinajstić information content (AvgIpc) is 3.10. The number of aryl methyl sites for hydroxylation is 1.